The predicted molar refractivity (Wildman–Crippen MR) is 75.4 cm³/mol. The molecule has 5 N–H and O–H groups in total. The molecule has 0 aromatic heterocycles. The lowest BCUT2D eigenvalue weighted by atomic mass is 9.87. The van der Waals surface area contributed by atoms with E-state index in [0.717, 1.165) is 0 Å². The van der Waals surface area contributed by atoms with Crippen LogP contribution in [0.1, 0.15) is 10.4 Å². The van der Waals surface area contributed by atoms with Crippen molar-refractivity contribution in [3.05, 3.63) is 35.9 Å². The maximum Gasteiger partial charge on any atom is 0.484 e. The third-order valence-electron chi connectivity index (χ3n) is 4.25. The lowest BCUT2D eigenvalue weighted by Gasteiger charge is -2.53. The second kappa shape index (κ2) is 5.07. The van der Waals surface area contributed by atoms with Crippen LogP contribution >= 0.6 is 7.82 Å². The monoisotopic (exact) mass is 375 g/mol. The van der Waals surface area contributed by atoms with Crippen molar-refractivity contribution in [3.63, 3.8) is 0 Å². The number of amides is 1. The highest BCUT2D eigenvalue weighted by Gasteiger charge is 2.90. The third kappa shape index (κ3) is 2.04. The van der Waals surface area contributed by atoms with Crippen molar-refractivity contribution in [2.24, 2.45) is 0 Å². The number of carbonyl (C=O) groups excluding carboxylic acids is 1. The minimum atomic E-state index is -4.55. The Balaban J connectivity index is 1.79. The summed E-state index contributed by atoms with van der Waals surface area (Å²) >= 11 is 0. The van der Waals surface area contributed by atoms with Crippen LogP contribution < -0.4 is 5.32 Å². The van der Waals surface area contributed by atoms with Gasteiger partial charge in [0.05, 0.1) is 6.61 Å². The third-order valence-corrected chi connectivity index (χ3v) is 5.72. The van der Waals surface area contributed by atoms with Gasteiger partial charge in [0.25, 0.3) is 17.4 Å². The molecule has 0 spiro atoms. The molecule has 3 aliphatic heterocycles. The zero-order chi connectivity index (χ0) is 18.1. The van der Waals surface area contributed by atoms with E-state index in [0.29, 0.717) is 0 Å². The summed E-state index contributed by atoms with van der Waals surface area (Å²) < 4.78 is 31.9. The van der Waals surface area contributed by atoms with Crippen molar-refractivity contribution in [1.29, 1.82) is 0 Å². The summed E-state index contributed by atoms with van der Waals surface area (Å²) in [4.78, 5) is 12.5. The average Bonchev–Trinajstić information content (AvgIpc) is 2.94. The highest BCUT2D eigenvalue weighted by molar-refractivity contribution is 7.49. The first-order valence-corrected chi connectivity index (χ1v) is 8.66. The Morgan fingerprint density at radius 1 is 1.20 bits per heavy atom. The van der Waals surface area contributed by atoms with Gasteiger partial charge in [-0.1, -0.05) is 18.2 Å². The van der Waals surface area contributed by atoms with E-state index in [1.54, 1.807) is 18.2 Å². The lowest BCUT2D eigenvalue weighted by Crippen LogP contribution is -2.83. The molecule has 12 heteroatoms. The molecule has 3 fully saturated rings. The Kier molecular flexibility index (Phi) is 3.46. The number of phosphoric ester groups is 1. The molecule has 11 nitrogen and oxygen atoms in total. The number of hydrogen-bond acceptors (Lipinski definition) is 10. The van der Waals surface area contributed by atoms with E-state index in [2.05, 4.69) is 5.32 Å². The Labute approximate surface area is 140 Å². The molecule has 25 heavy (non-hydrogen) atoms. The summed E-state index contributed by atoms with van der Waals surface area (Å²) in [6.07, 6.45) is -3.58. The predicted octanol–water partition coefficient (Wildman–Crippen LogP) is -1.62. The molecule has 2 unspecified atom stereocenters. The molecule has 136 valence electrons. The Morgan fingerprint density at radius 2 is 1.88 bits per heavy atom. The van der Waals surface area contributed by atoms with Crippen LogP contribution in [0.25, 0.3) is 0 Å². The minimum absolute atomic E-state index is 0.104. The number of aliphatic hydroxyl groups excluding tert-OH is 2. The molecule has 3 saturated heterocycles. The first kappa shape index (κ1) is 17.0. The lowest BCUT2D eigenvalue weighted by molar-refractivity contribution is -0.487. The van der Waals surface area contributed by atoms with Gasteiger partial charge in [-0.2, -0.15) is 0 Å². The molecule has 0 aliphatic carbocycles. The van der Waals surface area contributed by atoms with Crippen LogP contribution in [0.4, 0.5) is 0 Å². The molecule has 6 atom stereocenters. The molecular weight excluding hydrogens is 361 g/mol. The maximum absolute atomic E-state index is 12.5. The van der Waals surface area contributed by atoms with E-state index in [4.69, 9.17) is 18.3 Å². The number of hydrogen-bond donors (Lipinski definition) is 5. The molecular formula is C13H14NO10P. The zero-order valence-electron chi connectivity index (χ0n) is 12.4. The van der Waals surface area contributed by atoms with Gasteiger partial charge in [0, 0.05) is 5.56 Å². The number of phosphoric acid groups is 1. The molecule has 1 aromatic carbocycles. The number of benzene rings is 1. The smallest absolute Gasteiger partial charge is 0.394 e. The van der Waals surface area contributed by atoms with Crippen LogP contribution in [-0.4, -0.2) is 62.6 Å². The van der Waals surface area contributed by atoms with E-state index in [9.17, 15) is 29.8 Å². The van der Waals surface area contributed by atoms with Gasteiger partial charge in [-0.05, 0) is 12.1 Å². The number of carbonyl (C=O) groups is 1. The fourth-order valence-corrected chi connectivity index (χ4v) is 4.85. The van der Waals surface area contributed by atoms with Crippen molar-refractivity contribution in [2.45, 2.75) is 29.7 Å². The fourth-order valence-electron chi connectivity index (χ4n) is 3.06. The van der Waals surface area contributed by atoms with Crippen molar-refractivity contribution >= 4 is 13.7 Å². The van der Waals surface area contributed by atoms with Crippen LogP contribution in [0.15, 0.2) is 30.3 Å². The van der Waals surface area contributed by atoms with Gasteiger partial charge in [0.2, 0.25) is 0 Å². The first-order chi connectivity index (χ1) is 11.7. The topological polar surface area (TPSA) is 164 Å². The van der Waals surface area contributed by atoms with Crippen molar-refractivity contribution < 1.29 is 48.1 Å². The molecule has 2 bridgehead atoms. The van der Waals surface area contributed by atoms with Gasteiger partial charge in [0.15, 0.2) is 0 Å². The Bertz CT molecular complexity index is 775. The van der Waals surface area contributed by atoms with Crippen molar-refractivity contribution in [3.8, 4) is 0 Å². The maximum atomic E-state index is 12.5. The van der Waals surface area contributed by atoms with Gasteiger partial charge in [-0.25, -0.2) is 18.1 Å². The van der Waals surface area contributed by atoms with Gasteiger partial charge in [-0.3, -0.25) is 4.79 Å². The summed E-state index contributed by atoms with van der Waals surface area (Å²) in [6.45, 7) is -0.842. The summed E-state index contributed by atoms with van der Waals surface area (Å²) in [5.74, 6) is -6.73. The Hall–Kier alpha value is -1.40. The highest BCUT2D eigenvalue weighted by atomic mass is 31.2. The second-order valence-corrected chi connectivity index (χ2v) is 7.23. The number of nitrogens with one attached hydrogen (secondary N) is 1. The average molecular weight is 375 g/mol. The van der Waals surface area contributed by atoms with Crippen LogP contribution in [0.3, 0.4) is 0 Å². The normalized spacial score (nSPS) is 47.7. The molecule has 0 saturated carbocycles. The summed E-state index contributed by atoms with van der Waals surface area (Å²) in [6, 6.07) is 7.63. The fraction of sp³-hybridized carbons (Fsp3) is 0.462. The van der Waals surface area contributed by atoms with Gasteiger partial charge < -0.3 is 30.5 Å². The Morgan fingerprint density at radius 3 is 2.52 bits per heavy atom. The SMILES string of the molecule is O=C(N[C@]12OP3(=O)OC1(O)O[C@H](CO)[C@@H](O)[C@@]2(O)O3)c1ccccc1. The van der Waals surface area contributed by atoms with E-state index in [1.807, 2.05) is 0 Å². The van der Waals surface area contributed by atoms with Gasteiger partial charge in [0.1, 0.15) is 12.2 Å². The van der Waals surface area contributed by atoms with E-state index >= 15 is 0 Å². The summed E-state index contributed by atoms with van der Waals surface area (Å²) in [7, 11) is -4.55. The van der Waals surface area contributed by atoms with E-state index in [-0.39, 0.29) is 5.56 Å². The number of ether oxygens (including phenoxy) is 1. The van der Waals surface area contributed by atoms with Gasteiger partial charge in [-0.15, -0.1) is 0 Å². The molecule has 1 amide bonds. The second-order valence-electron chi connectivity index (χ2n) is 5.78. The van der Waals surface area contributed by atoms with Crippen molar-refractivity contribution in [1.82, 2.24) is 5.32 Å². The van der Waals surface area contributed by atoms with E-state index in [1.165, 1.54) is 12.1 Å². The minimum Gasteiger partial charge on any atom is -0.394 e. The number of rotatable bonds is 3. The van der Waals surface area contributed by atoms with Crippen LogP contribution in [-0.2, 0) is 22.9 Å². The first-order valence-electron chi connectivity index (χ1n) is 7.20. The quantitative estimate of drug-likeness (QED) is 0.388. The summed E-state index contributed by atoms with van der Waals surface area (Å²) in [5.41, 5.74) is -2.64. The number of aliphatic hydroxyl groups is 4. The standard InChI is InChI=1S/C13H14NO10P/c15-6-8-9(16)11(18)12(14-10(17)7-4-2-1-3-5-7)13(19,21-8)24-25(20,22-11)23-12/h1-5,8-9,15-16,18-19H,6H2,(H,14,17)/t8-,9-,11-,12-,13?,25?/m1/s1. The van der Waals surface area contributed by atoms with E-state index < -0.39 is 50.0 Å². The molecule has 4 rings (SSSR count). The molecule has 0 radical (unpaired) electrons. The summed E-state index contributed by atoms with van der Waals surface area (Å²) in [5, 5.41) is 42.9. The van der Waals surface area contributed by atoms with Crippen LogP contribution in [0.5, 0.6) is 0 Å². The van der Waals surface area contributed by atoms with Gasteiger partial charge >= 0.3 is 13.8 Å². The molecule has 1 aromatic rings. The molecule has 3 aliphatic rings. The number of fused-ring (bicyclic) bond motifs is 1. The largest absolute Gasteiger partial charge is 0.484 e. The zero-order valence-corrected chi connectivity index (χ0v) is 13.3. The van der Waals surface area contributed by atoms with Crippen LogP contribution in [0, 0.1) is 0 Å². The van der Waals surface area contributed by atoms with Crippen molar-refractivity contribution in [2.75, 3.05) is 6.61 Å². The van der Waals surface area contributed by atoms with Crippen LogP contribution in [0.2, 0.25) is 0 Å². The molecule has 3 heterocycles. The highest BCUT2D eigenvalue weighted by Crippen LogP contribution is 2.76.